The molecule has 0 saturated heterocycles. The Hall–Kier alpha value is -3.09. The van der Waals surface area contributed by atoms with Crippen LogP contribution in [0.3, 0.4) is 0 Å². The SMILES string of the molecule is COc1ccc([N+](=O)[O-])cc1C(=O)NCc1ccc(N(C)C)cc1. The number of nitrogens with zero attached hydrogens (tertiary/aromatic N) is 2. The van der Waals surface area contributed by atoms with Crippen molar-refractivity contribution in [3.63, 3.8) is 0 Å². The number of nitro groups is 1. The Morgan fingerprint density at radius 3 is 2.42 bits per heavy atom. The van der Waals surface area contributed by atoms with Crippen LogP contribution >= 0.6 is 0 Å². The number of rotatable bonds is 6. The van der Waals surface area contributed by atoms with E-state index in [1.807, 2.05) is 43.3 Å². The maximum atomic E-state index is 12.3. The minimum absolute atomic E-state index is 0.136. The lowest BCUT2D eigenvalue weighted by Gasteiger charge is -2.13. The second-order valence-corrected chi connectivity index (χ2v) is 5.39. The third-order valence-electron chi connectivity index (χ3n) is 3.54. The molecule has 0 bridgehead atoms. The third kappa shape index (κ3) is 4.01. The van der Waals surface area contributed by atoms with Gasteiger partial charge in [0.2, 0.25) is 0 Å². The highest BCUT2D eigenvalue weighted by Crippen LogP contribution is 2.24. The molecule has 2 aromatic rings. The van der Waals surface area contributed by atoms with Crippen LogP contribution in [0.15, 0.2) is 42.5 Å². The van der Waals surface area contributed by atoms with Crippen molar-refractivity contribution >= 4 is 17.3 Å². The Morgan fingerprint density at radius 1 is 1.21 bits per heavy atom. The summed E-state index contributed by atoms with van der Waals surface area (Å²) in [5.41, 5.74) is 1.97. The maximum absolute atomic E-state index is 12.3. The summed E-state index contributed by atoms with van der Waals surface area (Å²) in [6.45, 7) is 0.318. The van der Waals surface area contributed by atoms with Crippen LogP contribution in [0.1, 0.15) is 15.9 Å². The van der Waals surface area contributed by atoms with E-state index in [1.165, 1.54) is 25.3 Å². The molecule has 0 aromatic heterocycles. The fourth-order valence-corrected chi connectivity index (χ4v) is 2.18. The van der Waals surface area contributed by atoms with Gasteiger partial charge in [-0.05, 0) is 23.8 Å². The molecule has 7 heteroatoms. The molecule has 0 aliphatic carbocycles. The van der Waals surface area contributed by atoms with Crippen molar-refractivity contribution in [2.24, 2.45) is 0 Å². The minimum atomic E-state index is -0.545. The van der Waals surface area contributed by atoms with Gasteiger partial charge < -0.3 is 15.0 Å². The first-order valence-electron chi connectivity index (χ1n) is 7.29. The average molecular weight is 329 g/mol. The molecule has 0 saturated carbocycles. The van der Waals surface area contributed by atoms with Crippen molar-refractivity contribution in [2.45, 2.75) is 6.54 Å². The number of hydrogen-bond acceptors (Lipinski definition) is 5. The van der Waals surface area contributed by atoms with Crippen LogP contribution in [0.25, 0.3) is 0 Å². The number of benzene rings is 2. The molecule has 1 N–H and O–H groups in total. The maximum Gasteiger partial charge on any atom is 0.270 e. The van der Waals surface area contributed by atoms with Crippen molar-refractivity contribution in [1.82, 2.24) is 5.32 Å². The molecule has 2 aromatic carbocycles. The molecule has 0 aliphatic rings. The van der Waals surface area contributed by atoms with Gasteiger partial charge in [-0.3, -0.25) is 14.9 Å². The summed E-state index contributed by atoms with van der Waals surface area (Å²) in [5, 5.41) is 13.6. The zero-order valence-corrected chi connectivity index (χ0v) is 13.8. The number of ether oxygens (including phenoxy) is 1. The number of nitro benzene ring substituents is 1. The molecule has 0 unspecified atom stereocenters. The monoisotopic (exact) mass is 329 g/mol. The molecule has 0 spiro atoms. The van der Waals surface area contributed by atoms with E-state index in [-0.39, 0.29) is 11.3 Å². The Kier molecular flexibility index (Phi) is 5.36. The predicted octanol–water partition coefficient (Wildman–Crippen LogP) is 2.60. The van der Waals surface area contributed by atoms with Crippen LogP contribution in [0.4, 0.5) is 11.4 Å². The average Bonchev–Trinajstić information content (AvgIpc) is 2.59. The van der Waals surface area contributed by atoms with Crippen molar-refractivity contribution in [3.8, 4) is 5.75 Å². The number of carbonyl (C=O) groups excluding carboxylic acids is 1. The van der Waals surface area contributed by atoms with Gasteiger partial charge >= 0.3 is 0 Å². The van der Waals surface area contributed by atoms with Crippen molar-refractivity contribution in [1.29, 1.82) is 0 Å². The largest absolute Gasteiger partial charge is 0.496 e. The van der Waals surface area contributed by atoms with Crippen molar-refractivity contribution < 1.29 is 14.5 Å². The van der Waals surface area contributed by atoms with Crippen LogP contribution in [0.2, 0.25) is 0 Å². The third-order valence-corrected chi connectivity index (χ3v) is 3.54. The fourth-order valence-electron chi connectivity index (χ4n) is 2.18. The minimum Gasteiger partial charge on any atom is -0.496 e. The van der Waals surface area contributed by atoms with E-state index in [2.05, 4.69) is 5.32 Å². The highest BCUT2D eigenvalue weighted by molar-refractivity contribution is 5.97. The normalized spacial score (nSPS) is 10.1. The highest BCUT2D eigenvalue weighted by Gasteiger charge is 2.17. The zero-order chi connectivity index (χ0) is 17.7. The Labute approximate surface area is 140 Å². The summed E-state index contributed by atoms with van der Waals surface area (Å²) in [6, 6.07) is 11.7. The first kappa shape index (κ1) is 17.3. The molecule has 0 atom stereocenters. The van der Waals surface area contributed by atoms with Crippen LogP contribution in [0.5, 0.6) is 5.75 Å². The first-order valence-corrected chi connectivity index (χ1v) is 7.29. The van der Waals surface area contributed by atoms with E-state index in [0.29, 0.717) is 12.3 Å². The number of carbonyl (C=O) groups is 1. The number of amides is 1. The van der Waals surface area contributed by atoms with Crippen LogP contribution < -0.4 is 15.0 Å². The molecule has 0 fully saturated rings. The number of anilines is 1. The summed E-state index contributed by atoms with van der Waals surface area (Å²) < 4.78 is 5.11. The van der Waals surface area contributed by atoms with Crippen LogP contribution in [-0.2, 0) is 6.54 Å². The predicted molar refractivity (Wildman–Crippen MR) is 91.6 cm³/mol. The fraction of sp³-hybridized carbons (Fsp3) is 0.235. The molecule has 0 heterocycles. The smallest absolute Gasteiger partial charge is 0.270 e. The topological polar surface area (TPSA) is 84.7 Å². The van der Waals surface area contributed by atoms with E-state index in [9.17, 15) is 14.9 Å². The summed E-state index contributed by atoms with van der Waals surface area (Å²) in [7, 11) is 5.31. The number of methoxy groups -OCH3 is 1. The lowest BCUT2D eigenvalue weighted by molar-refractivity contribution is -0.384. The van der Waals surface area contributed by atoms with Gasteiger partial charge in [0.1, 0.15) is 5.75 Å². The lowest BCUT2D eigenvalue weighted by Crippen LogP contribution is -2.23. The van der Waals surface area contributed by atoms with E-state index in [0.717, 1.165) is 11.3 Å². The molecule has 7 nitrogen and oxygen atoms in total. The van der Waals surface area contributed by atoms with E-state index in [1.54, 1.807) is 0 Å². The molecular weight excluding hydrogens is 310 g/mol. The second-order valence-electron chi connectivity index (χ2n) is 5.39. The van der Waals surface area contributed by atoms with Gasteiger partial charge in [-0.15, -0.1) is 0 Å². The molecular formula is C17H19N3O4. The summed E-state index contributed by atoms with van der Waals surface area (Å²) >= 11 is 0. The van der Waals surface area contributed by atoms with Crippen LogP contribution in [0, 0.1) is 10.1 Å². The quantitative estimate of drug-likeness (QED) is 0.650. The Balaban J connectivity index is 2.11. The molecule has 0 aliphatic heterocycles. The van der Waals surface area contributed by atoms with Crippen LogP contribution in [-0.4, -0.2) is 32.0 Å². The second kappa shape index (κ2) is 7.45. The van der Waals surface area contributed by atoms with Gasteiger partial charge in [0.15, 0.2) is 0 Å². The van der Waals surface area contributed by atoms with E-state index in [4.69, 9.17) is 4.74 Å². The molecule has 2 rings (SSSR count). The van der Waals surface area contributed by atoms with Gasteiger partial charge in [-0.25, -0.2) is 0 Å². The van der Waals surface area contributed by atoms with Crippen molar-refractivity contribution in [2.75, 3.05) is 26.1 Å². The van der Waals surface area contributed by atoms with Gasteiger partial charge in [0.05, 0.1) is 17.6 Å². The number of non-ortho nitro benzene ring substituents is 1. The number of nitrogens with one attached hydrogen (secondary N) is 1. The molecule has 24 heavy (non-hydrogen) atoms. The van der Waals surface area contributed by atoms with Gasteiger partial charge in [0.25, 0.3) is 11.6 Å². The van der Waals surface area contributed by atoms with Crippen molar-refractivity contribution in [3.05, 3.63) is 63.7 Å². The first-order chi connectivity index (χ1) is 11.4. The summed E-state index contributed by atoms with van der Waals surface area (Å²) in [5.74, 6) is -0.131. The lowest BCUT2D eigenvalue weighted by atomic mass is 10.1. The molecule has 126 valence electrons. The molecule has 0 radical (unpaired) electrons. The summed E-state index contributed by atoms with van der Waals surface area (Å²) in [6.07, 6.45) is 0. The standard InChI is InChI=1S/C17H19N3O4/c1-19(2)13-6-4-12(5-7-13)11-18-17(21)15-10-14(20(22)23)8-9-16(15)24-3/h4-10H,11H2,1-3H3,(H,18,21). The Morgan fingerprint density at radius 2 is 1.88 bits per heavy atom. The highest BCUT2D eigenvalue weighted by atomic mass is 16.6. The number of hydrogen-bond donors (Lipinski definition) is 1. The van der Waals surface area contributed by atoms with Gasteiger partial charge in [-0.1, -0.05) is 12.1 Å². The van der Waals surface area contributed by atoms with Gasteiger partial charge in [0, 0.05) is 38.5 Å². The van der Waals surface area contributed by atoms with E-state index >= 15 is 0 Å². The summed E-state index contributed by atoms with van der Waals surface area (Å²) in [4.78, 5) is 24.6. The van der Waals surface area contributed by atoms with Gasteiger partial charge in [-0.2, -0.15) is 0 Å². The molecule has 1 amide bonds. The van der Waals surface area contributed by atoms with E-state index < -0.39 is 10.8 Å². The Bertz CT molecular complexity index is 742. The zero-order valence-electron chi connectivity index (χ0n) is 13.8.